The second-order valence-electron chi connectivity index (χ2n) is 4.55. The van der Waals surface area contributed by atoms with Crippen LogP contribution in [0.15, 0.2) is 59.1 Å². The number of nitrogens with zero attached hydrogens (tertiary/aromatic N) is 1. The molecule has 1 amide bonds. The molecule has 0 unspecified atom stereocenters. The van der Waals surface area contributed by atoms with Gasteiger partial charge in [-0.05, 0) is 24.3 Å². The minimum Gasteiger partial charge on any atom is -0.290 e. The van der Waals surface area contributed by atoms with Gasteiger partial charge in [0.05, 0.1) is 16.8 Å². The molecule has 1 aromatic heterocycles. The van der Waals surface area contributed by atoms with Crippen molar-refractivity contribution in [3.8, 4) is 11.3 Å². The lowest BCUT2D eigenvalue weighted by Gasteiger charge is -2.09. The number of fused-ring (bicyclic) bond motifs is 1. The Bertz CT molecular complexity index is 815. The van der Waals surface area contributed by atoms with Crippen molar-refractivity contribution < 1.29 is 4.79 Å². The number of aromatic nitrogens is 1. The van der Waals surface area contributed by atoms with Crippen molar-refractivity contribution >= 4 is 32.7 Å². The second-order valence-corrected chi connectivity index (χ2v) is 5.47. The number of nitrogens with one attached hydrogen (secondary N) is 1. The van der Waals surface area contributed by atoms with Gasteiger partial charge < -0.3 is 0 Å². The van der Waals surface area contributed by atoms with Crippen LogP contribution in [0.5, 0.6) is 0 Å². The smallest absolute Gasteiger partial charge is 0.265 e. The number of hydrazine groups is 1. The molecule has 104 valence electrons. The Morgan fingerprint density at radius 1 is 1.10 bits per heavy atom. The van der Waals surface area contributed by atoms with Gasteiger partial charge in [-0.25, -0.2) is 10.8 Å². The zero-order valence-corrected chi connectivity index (χ0v) is 12.6. The minimum absolute atomic E-state index is 0.327. The molecule has 0 fully saturated rings. The van der Waals surface area contributed by atoms with Crippen molar-refractivity contribution in [3.63, 3.8) is 0 Å². The van der Waals surface area contributed by atoms with E-state index in [4.69, 9.17) is 5.84 Å². The third-order valence-corrected chi connectivity index (χ3v) is 3.76. The Kier molecular flexibility index (Phi) is 3.68. The Morgan fingerprint density at radius 2 is 1.81 bits per heavy atom. The van der Waals surface area contributed by atoms with Gasteiger partial charge in [0.1, 0.15) is 0 Å². The summed E-state index contributed by atoms with van der Waals surface area (Å²) in [7, 11) is 0. The van der Waals surface area contributed by atoms with Crippen molar-refractivity contribution in [1.82, 2.24) is 10.4 Å². The summed E-state index contributed by atoms with van der Waals surface area (Å²) in [6.07, 6.45) is 0. The lowest BCUT2D eigenvalue weighted by Crippen LogP contribution is -2.30. The molecule has 0 aliphatic rings. The van der Waals surface area contributed by atoms with E-state index < -0.39 is 0 Å². The molecular weight excluding hydrogens is 330 g/mol. The summed E-state index contributed by atoms with van der Waals surface area (Å²) in [6, 6.07) is 17.0. The molecule has 0 spiro atoms. The average molecular weight is 342 g/mol. The van der Waals surface area contributed by atoms with Crippen molar-refractivity contribution in [2.45, 2.75) is 0 Å². The molecule has 0 aliphatic carbocycles. The fraction of sp³-hybridized carbons (Fsp3) is 0. The van der Waals surface area contributed by atoms with E-state index in [-0.39, 0.29) is 5.91 Å². The van der Waals surface area contributed by atoms with Crippen LogP contribution in [-0.4, -0.2) is 10.9 Å². The maximum absolute atomic E-state index is 12.0. The van der Waals surface area contributed by atoms with E-state index in [0.717, 1.165) is 26.6 Å². The van der Waals surface area contributed by atoms with Gasteiger partial charge in [-0.15, -0.1) is 0 Å². The summed E-state index contributed by atoms with van der Waals surface area (Å²) >= 11 is 3.41. The lowest BCUT2D eigenvalue weighted by atomic mass is 10.0. The molecular formula is C16H12BrN3O. The normalized spacial score (nSPS) is 10.6. The Balaban J connectivity index is 2.25. The van der Waals surface area contributed by atoms with Gasteiger partial charge in [0, 0.05) is 15.4 Å². The molecule has 0 atom stereocenters. The minimum atomic E-state index is -0.327. The van der Waals surface area contributed by atoms with E-state index in [1.165, 1.54) is 0 Å². The highest BCUT2D eigenvalue weighted by Crippen LogP contribution is 2.25. The summed E-state index contributed by atoms with van der Waals surface area (Å²) in [5.41, 5.74) is 5.14. The number of hydrogen-bond donors (Lipinski definition) is 2. The monoisotopic (exact) mass is 341 g/mol. The highest BCUT2D eigenvalue weighted by molar-refractivity contribution is 9.10. The van der Waals surface area contributed by atoms with Gasteiger partial charge in [0.15, 0.2) is 0 Å². The highest BCUT2D eigenvalue weighted by atomic mass is 79.9. The number of carbonyl (C=O) groups excluding carboxylic acids is 1. The van der Waals surface area contributed by atoms with Gasteiger partial charge >= 0.3 is 0 Å². The van der Waals surface area contributed by atoms with Crippen molar-refractivity contribution in [2.75, 3.05) is 0 Å². The van der Waals surface area contributed by atoms with Crippen LogP contribution in [0.4, 0.5) is 0 Å². The van der Waals surface area contributed by atoms with Crippen molar-refractivity contribution in [3.05, 3.63) is 64.6 Å². The van der Waals surface area contributed by atoms with E-state index in [2.05, 4.69) is 26.3 Å². The Labute approximate surface area is 130 Å². The van der Waals surface area contributed by atoms with E-state index in [1.807, 2.05) is 48.5 Å². The van der Waals surface area contributed by atoms with E-state index in [9.17, 15) is 4.79 Å². The molecule has 0 bridgehead atoms. The number of hydrogen-bond acceptors (Lipinski definition) is 3. The van der Waals surface area contributed by atoms with Crippen LogP contribution >= 0.6 is 15.9 Å². The van der Waals surface area contributed by atoms with Crippen LogP contribution in [0.1, 0.15) is 10.4 Å². The summed E-state index contributed by atoms with van der Waals surface area (Å²) < 4.78 is 0.993. The number of para-hydroxylation sites is 1. The van der Waals surface area contributed by atoms with E-state index in [1.54, 1.807) is 6.07 Å². The zero-order valence-electron chi connectivity index (χ0n) is 11.0. The quantitative estimate of drug-likeness (QED) is 0.427. The molecule has 4 nitrogen and oxygen atoms in total. The number of rotatable bonds is 2. The average Bonchev–Trinajstić information content (AvgIpc) is 2.53. The summed E-state index contributed by atoms with van der Waals surface area (Å²) in [6.45, 7) is 0. The number of halogens is 1. The molecule has 0 saturated carbocycles. The Hall–Kier alpha value is -2.24. The number of nitrogens with two attached hydrogens (primary N) is 1. The first-order valence-electron chi connectivity index (χ1n) is 6.36. The maximum Gasteiger partial charge on any atom is 0.265 e. The summed E-state index contributed by atoms with van der Waals surface area (Å²) in [4.78, 5) is 16.6. The van der Waals surface area contributed by atoms with Crippen LogP contribution in [0.25, 0.3) is 22.2 Å². The van der Waals surface area contributed by atoms with Crippen LogP contribution in [0.2, 0.25) is 0 Å². The van der Waals surface area contributed by atoms with E-state index >= 15 is 0 Å². The molecule has 21 heavy (non-hydrogen) atoms. The SMILES string of the molecule is NNC(=O)c1cc(-c2ccc(Br)cc2)nc2ccccc12. The third kappa shape index (κ3) is 2.66. The second kappa shape index (κ2) is 5.63. The molecule has 3 N–H and O–H groups in total. The first-order chi connectivity index (χ1) is 10.2. The number of nitrogen functional groups attached to an aromatic ring is 1. The predicted molar refractivity (Wildman–Crippen MR) is 86.5 cm³/mol. The van der Waals surface area contributed by atoms with E-state index in [0.29, 0.717) is 5.56 Å². The van der Waals surface area contributed by atoms with Crippen molar-refractivity contribution in [1.29, 1.82) is 0 Å². The number of pyridine rings is 1. The van der Waals surface area contributed by atoms with Gasteiger partial charge in [-0.3, -0.25) is 10.2 Å². The van der Waals surface area contributed by atoms with Crippen LogP contribution in [-0.2, 0) is 0 Å². The van der Waals surface area contributed by atoms with Crippen LogP contribution in [0, 0.1) is 0 Å². The fourth-order valence-electron chi connectivity index (χ4n) is 2.21. The highest BCUT2D eigenvalue weighted by Gasteiger charge is 2.12. The third-order valence-electron chi connectivity index (χ3n) is 3.23. The first kappa shape index (κ1) is 13.7. The lowest BCUT2D eigenvalue weighted by molar-refractivity contribution is 0.0955. The maximum atomic E-state index is 12.0. The predicted octanol–water partition coefficient (Wildman–Crippen LogP) is 3.27. The van der Waals surface area contributed by atoms with Gasteiger partial charge in [-0.2, -0.15) is 0 Å². The molecule has 5 heteroatoms. The summed E-state index contributed by atoms with van der Waals surface area (Å²) in [5.74, 6) is 4.95. The standard InChI is InChI=1S/C16H12BrN3O/c17-11-7-5-10(6-8-11)15-9-13(16(21)20-18)12-3-1-2-4-14(12)19-15/h1-9H,18H2,(H,20,21). The fourth-order valence-corrected chi connectivity index (χ4v) is 2.47. The number of amides is 1. The first-order valence-corrected chi connectivity index (χ1v) is 7.15. The summed E-state index contributed by atoms with van der Waals surface area (Å²) in [5, 5.41) is 0.779. The number of carbonyl (C=O) groups is 1. The van der Waals surface area contributed by atoms with Crippen LogP contribution < -0.4 is 11.3 Å². The zero-order chi connectivity index (χ0) is 14.8. The molecule has 3 rings (SSSR count). The van der Waals surface area contributed by atoms with Crippen molar-refractivity contribution in [2.24, 2.45) is 5.84 Å². The van der Waals surface area contributed by atoms with Gasteiger partial charge in [-0.1, -0.05) is 46.3 Å². The number of benzene rings is 2. The molecule has 0 saturated heterocycles. The largest absolute Gasteiger partial charge is 0.290 e. The topological polar surface area (TPSA) is 68.0 Å². The molecule has 3 aromatic rings. The Morgan fingerprint density at radius 3 is 2.52 bits per heavy atom. The molecule has 0 aliphatic heterocycles. The molecule has 0 radical (unpaired) electrons. The van der Waals surface area contributed by atoms with Gasteiger partial charge in [0.2, 0.25) is 0 Å². The molecule has 2 aromatic carbocycles. The van der Waals surface area contributed by atoms with Crippen LogP contribution in [0.3, 0.4) is 0 Å². The van der Waals surface area contributed by atoms with Gasteiger partial charge in [0.25, 0.3) is 5.91 Å². The molecule has 1 heterocycles.